The van der Waals surface area contributed by atoms with E-state index in [1.165, 1.54) is 30.7 Å². The fourth-order valence-electron chi connectivity index (χ4n) is 2.59. The van der Waals surface area contributed by atoms with Crippen molar-refractivity contribution in [3.8, 4) is 0 Å². The molecule has 1 aromatic heterocycles. The lowest BCUT2D eigenvalue weighted by Crippen LogP contribution is -2.40. The fraction of sp³-hybridized carbons (Fsp3) is 0.692. The van der Waals surface area contributed by atoms with Gasteiger partial charge in [-0.3, -0.25) is 4.79 Å². The Labute approximate surface area is 142 Å². The third-order valence-corrected chi connectivity index (χ3v) is 4.42. The zero-order chi connectivity index (χ0) is 13.8. The number of hydrogen-bond donors (Lipinski definition) is 1. The molecule has 1 unspecified atom stereocenters. The molecule has 0 aliphatic carbocycles. The molecule has 0 aromatic carbocycles. The first-order chi connectivity index (χ1) is 9.10. The Morgan fingerprint density at radius 2 is 2.29 bits per heavy atom. The van der Waals surface area contributed by atoms with E-state index in [4.69, 9.17) is 5.73 Å². The summed E-state index contributed by atoms with van der Waals surface area (Å²) in [6.07, 6.45) is 2.42. The Kier molecular flexibility index (Phi) is 9.40. The van der Waals surface area contributed by atoms with Gasteiger partial charge in [0.2, 0.25) is 0 Å². The maximum absolute atomic E-state index is 12.2. The van der Waals surface area contributed by atoms with Gasteiger partial charge in [-0.1, -0.05) is 0 Å². The third kappa shape index (κ3) is 5.71. The quantitative estimate of drug-likeness (QED) is 0.896. The van der Waals surface area contributed by atoms with Gasteiger partial charge in [0.25, 0.3) is 5.91 Å². The zero-order valence-electron chi connectivity index (χ0n) is 12.4. The molecule has 1 aliphatic heterocycles. The standard InChI is InChI=1S/C13H22N4OS.2ClH/c1-16-5-3-4-10(7-16)8-17(2)13(18)11-9-19-12(6-14)15-11;;/h9-10H,3-8,14H2,1-2H3;2*1H. The molecule has 122 valence electrons. The molecule has 1 atom stereocenters. The Balaban J connectivity index is 0.00000200. The molecular formula is C13H24Cl2N4OS. The topological polar surface area (TPSA) is 62.5 Å². The van der Waals surface area contributed by atoms with Crippen molar-refractivity contribution in [3.05, 3.63) is 16.1 Å². The predicted octanol–water partition coefficient (Wildman–Crippen LogP) is 1.86. The van der Waals surface area contributed by atoms with E-state index in [-0.39, 0.29) is 30.7 Å². The normalized spacial score (nSPS) is 18.5. The van der Waals surface area contributed by atoms with Crippen LogP contribution in [0.3, 0.4) is 0 Å². The van der Waals surface area contributed by atoms with E-state index in [1.807, 2.05) is 7.05 Å². The van der Waals surface area contributed by atoms with Crippen LogP contribution >= 0.6 is 36.2 Å². The van der Waals surface area contributed by atoms with Gasteiger partial charge < -0.3 is 15.5 Å². The first-order valence-corrected chi connectivity index (χ1v) is 7.56. The van der Waals surface area contributed by atoms with E-state index in [9.17, 15) is 4.79 Å². The highest BCUT2D eigenvalue weighted by atomic mass is 35.5. The summed E-state index contributed by atoms with van der Waals surface area (Å²) in [7, 11) is 4.00. The number of hydrogen-bond acceptors (Lipinski definition) is 5. The third-order valence-electron chi connectivity index (χ3n) is 3.55. The Bertz CT molecular complexity index is 444. The van der Waals surface area contributed by atoms with Crippen LogP contribution in [-0.2, 0) is 6.54 Å². The van der Waals surface area contributed by atoms with Gasteiger partial charge in [0.05, 0.1) is 0 Å². The van der Waals surface area contributed by atoms with E-state index in [0.29, 0.717) is 18.2 Å². The minimum absolute atomic E-state index is 0. The van der Waals surface area contributed by atoms with Gasteiger partial charge in [-0.05, 0) is 32.4 Å². The first kappa shape index (κ1) is 20.6. The highest BCUT2D eigenvalue weighted by Gasteiger charge is 2.22. The molecule has 5 nitrogen and oxygen atoms in total. The van der Waals surface area contributed by atoms with Crippen molar-refractivity contribution in [1.29, 1.82) is 0 Å². The maximum atomic E-state index is 12.2. The minimum atomic E-state index is 0. The number of nitrogens with two attached hydrogens (primary N) is 1. The summed E-state index contributed by atoms with van der Waals surface area (Å²) in [5, 5.41) is 2.61. The Morgan fingerprint density at radius 1 is 1.57 bits per heavy atom. The van der Waals surface area contributed by atoms with E-state index in [2.05, 4.69) is 16.9 Å². The summed E-state index contributed by atoms with van der Waals surface area (Å²) in [6.45, 7) is 3.44. The van der Waals surface area contributed by atoms with Gasteiger partial charge >= 0.3 is 0 Å². The second-order valence-corrected chi connectivity index (χ2v) is 6.23. The lowest BCUT2D eigenvalue weighted by molar-refractivity contribution is 0.0736. The molecule has 1 fully saturated rings. The summed E-state index contributed by atoms with van der Waals surface area (Å²) >= 11 is 1.45. The number of nitrogens with zero attached hydrogens (tertiary/aromatic N) is 3. The largest absolute Gasteiger partial charge is 0.340 e. The fourth-order valence-corrected chi connectivity index (χ4v) is 3.24. The van der Waals surface area contributed by atoms with Crippen molar-refractivity contribution in [2.75, 3.05) is 33.7 Å². The van der Waals surface area contributed by atoms with E-state index >= 15 is 0 Å². The number of thiazole rings is 1. The maximum Gasteiger partial charge on any atom is 0.273 e. The first-order valence-electron chi connectivity index (χ1n) is 6.68. The lowest BCUT2D eigenvalue weighted by Gasteiger charge is -2.32. The lowest BCUT2D eigenvalue weighted by atomic mass is 9.98. The molecule has 1 amide bonds. The molecule has 0 spiro atoms. The van der Waals surface area contributed by atoms with Crippen LogP contribution in [0.4, 0.5) is 0 Å². The van der Waals surface area contributed by atoms with Crippen molar-refractivity contribution in [3.63, 3.8) is 0 Å². The van der Waals surface area contributed by atoms with Crippen LogP contribution in [-0.4, -0.2) is 54.4 Å². The van der Waals surface area contributed by atoms with Crippen LogP contribution in [0.15, 0.2) is 5.38 Å². The van der Waals surface area contributed by atoms with Gasteiger partial charge in [0.15, 0.2) is 0 Å². The summed E-state index contributed by atoms with van der Waals surface area (Å²) in [4.78, 5) is 20.6. The van der Waals surface area contributed by atoms with Crippen LogP contribution in [0.25, 0.3) is 0 Å². The average molecular weight is 355 g/mol. The Hall–Kier alpha value is -0.400. The van der Waals surface area contributed by atoms with Gasteiger partial charge in [0.1, 0.15) is 10.7 Å². The second kappa shape index (κ2) is 9.58. The average Bonchev–Trinajstić information content (AvgIpc) is 2.86. The smallest absolute Gasteiger partial charge is 0.273 e. The van der Waals surface area contributed by atoms with Gasteiger partial charge in [-0.2, -0.15) is 0 Å². The summed E-state index contributed by atoms with van der Waals surface area (Å²) in [6, 6.07) is 0. The van der Waals surface area contributed by atoms with Crippen molar-refractivity contribution in [2.45, 2.75) is 19.4 Å². The van der Waals surface area contributed by atoms with Gasteiger partial charge in [-0.25, -0.2) is 4.98 Å². The summed E-state index contributed by atoms with van der Waals surface area (Å²) < 4.78 is 0. The Morgan fingerprint density at radius 3 is 2.86 bits per heavy atom. The predicted molar refractivity (Wildman–Crippen MR) is 91.7 cm³/mol. The van der Waals surface area contributed by atoms with E-state index in [0.717, 1.165) is 18.1 Å². The molecule has 8 heteroatoms. The summed E-state index contributed by atoms with van der Waals surface area (Å²) in [5.74, 6) is 0.574. The molecule has 21 heavy (non-hydrogen) atoms. The molecule has 2 heterocycles. The molecule has 1 aliphatic rings. The molecule has 1 saturated heterocycles. The number of rotatable bonds is 4. The van der Waals surface area contributed by atoms with E-state index in [1.54, 1.807) is 10.3 Å². The van der Waals surface area contributed by atoms with Crippen LogP contribution in [0.2, 0.25) is 0 Å². The molecule has 1 aromatic rings. The number of halogens is 2. The number of likely N-dealkylation sites (tertiary alicyclic amines) is 1. The van der Waals surface area contributed by atoms with Crippen molar-refractivity contribution < 1.29 is 4.79 Å². The highest BCUT2D eigenvalue weighted by Crippen LogP contribution is 2.17. The van der Waals surface area contributed by atoms with Crippen LogP contribution in [0.5, 0.6) is 0 Å². The zero-order valence-corrected chi connectivity index (χ0v) is 14.9. The number of piperidine rings is 1. The molecule has 2 N–H and O–H groups in total. The van der Waals surface area contributed by atoms with E-state index < -0.39 is 0 Å². The number of carbonyl (C=O) groups is 1. The number of amides is 1. The van der Waals surface area contributed by atoms with Gasteiger partial charge in [-0.15, -0.1) is 36.2 Å². The van der Waals surface area contributed by atoms with Crippen LogP contribution < -0.4 is 5.73 Å². The van der Waals surface area contributed by atoms with Crippen LogP contribution in [0, 0.1) is 5.92 Å². The molecular weight excluding hydrogens is 331 g/mol. The SMILES string of the molecule is CN1CCCC(CN(C)C(=O)c2csc(CN)n2)C1.Cl.Cl. The van der Waals surface area contributed by atoms with Gasteiger partial charge in [0, 0.05) is 32.1 Å². The van der Waals surface area contributed by atoms with Crippen molar-refractivity contribution in [1.82, 2.24) is 14.8 Å². The molecule has 0 bridgehead atoms. The summed E-state index contributed by atoms with van der Waals surface area (Å²) in [5.41, 5.74) is 6.05. The molecule has 2 rings (SSSR count). The monoisotopic (exact) mass is 354 g/mol. The molecule has 0 radical (unpaired) electrons. The van der Waals surface area contributed by atoms with Crippen molar-refractivity contribution in [2.24, 2.45) is 11.7 Å². The highest BCUT2D eigenvalue weighted by molar-refractivity contribution is 7.09. The number of carbonyl (C=O) groups excluding carboxylic acids is 1. The minimum Gasteiger partial charge on any atom is -0.340 e. The number of aromatic nitrogens is 1. The van der Waals surface area contributed by atoms with Crippen molar-refractivity contribution >= 4 is 42.1 Å². The molecule has 0 saturated carbocycles. The van der Waals surface area contributed by atoms with Crippen LogP contribution in [0.1, 0.15) is 28.3 Å². The second-order valence-electron chi connectivity index (χ2n) is 5.29.